The second kappa shape index (κ2) is 3.05. The van der Waals surface area contributed by atoms with Crippen LogP contribution < -0.4 is 5.14 Å². The predicted molar refractivity (Wildman–Crippen MR) is 47.6 cm³/mol. The van der Waals surface area contributed by atoms with Crippen molar-refractivity contribution in [3.63, 3.8) is 0 Å². The lowest BCUT2D eigenvalue weighted by molar-refractivity contribution is 0.598. The maximum Gasteiger partial charge on any atom is 0.238 e. The molecule has 0 aromatic heterocycles. The Balaban J connectivity index is 3.33. The SMILES string of the molecule is Cc1ccc(S(N)(=O)=O)cc1Cl. The summed E-state index contributed by atoms with van der Waals surface area (Å²) in [4.78, 5) is 0.0399. The quantitative estimate of drug-likeness (QED) is 0.751. The van der Waals surface area contributed by atoms with E-state index in [-0.39, 0.29) is 4.90 Å². The minimum absolute atomic E-state index is 0.0399. The maximum atomic E-state index is 10.8. The second-order valence-corrected chi connectivity index (χ2v) is 4.42. The average Bonchev–Trinajstić information content (AvgIpc) is 1.92. The first-order chi connectivity index (χ1) is 5.41. The molecular weight excluding hydrogens is 198 g/mol. The Morgan fingerprint density at radius 3 is 2.42 bits per heavy atom. The minimum atomic E-state index is -3.63. The molecule has 1 rings (SSSR count). The molecule has 0 aliphatic heterocycles. The van der Waals surface area contributed by atoms with Crippen LogP contribution in [0.4, 0.5) is 0 Å². The van der Waals surface area contributed by atoms with Crippen LogP contribution >= 0.6 is 11.6 Å². The minimum Gasteiger partial charge on any atom is -0.225 e. The predicted octanol–water partition coefficient (Wildman–Crippen LogP) is 1.30. The van der Waals surface area contributed by atoms with Gasteiger partial charge >= 0.3 is 0 Å². The molecule has 0 saturated heterocycles. The van der Waals surface area contributed by atoms with E-state index < -0.39 is 10.0 Å². The first-order valence-electron chi connectivity index (χ1n) is 3.20. The topological polar surface area (TPSA) is 60.2 Å². The van der Waals surface area contributed by atoms with Gasteiger partial charge in [0.05, 0.1) is 4.90 Å². The van der Waals surface area contributed by atoms with E-state index in [0.29, 0.717) is 5.02 Å². The first-order valence-corrected chi connectivity index (χ1v) is 5.12. The molecule has 1 aromatic rings. The van der Waals surface area contributed by atoms with E-state index in [1.54, 1.807) is 13.0 Å². The van der Waals surface area contributed by atoms with Gasteiger partial charge in [-0.3, -0.25) is 0 Å². The van der Waals surface area contributed by atoms with Crippen LogP contribution in [0.2, 0.25) is 5.02 Å². The molecule has 0 atom stereocenters. The summed E-state index contributed by atoms with van der Waals surface area (Å²) in [6, 6.07) is 4.38. The van der Waals surface area contributed by atoms with Gasteiger partial charge in [-0.25, -0.2) is 13.6 Å². The van der Waals surface area contributed by atoms with Gasteiger partial charge in [0.2, 0.25) is 10.0 Å². The molecule has 2 N–H and O–H groups in total. The van der Waals surface area contributed by atoms with Crippen molar-refractivity contribution in [2.75, 3.05) is 0 Å². The van der Waals surface area contributed by atoms with Crippen LogP contribution in [-0.4, -0.2) is 8.42 Å². The number of benzene rings is 1. The van der Waals surface area contributed by atoms with E-state index in [1.165, 1.54) is 12.1 Å². The Labute approximate surface area is 76.2 Å². The molecule has 0 aliphatic carbocycles. The summed E-state index contributed by atoms with van der Waals surface area (Å²) >= 11 is 5.70. The van der Waals surface area contributed by atoms with Gasteiger partial charge in [0.25, 0.3) is 0 Å². The van der Waals surface area contributed by atoms with Crippen LogP contribution in [0, 0.1) is 6.92 Å². The number of rotatable bonds is 1. The van der Waals surface area contributed by atoms with Crippen molar-refractivity contribution < 1.29 is 8.42 Å². The molecule has 0 radical (unpaired) electrons. The van der Waals surface area contributed by atoms with Gasteiger partial charge in [-0.05, 0) is 24.6 Å². The molecule has 66 valence electrons. The van der Waals surface area contributed by atoms with Gasteiger partial charge < -0.3 is 0 Å². The smallest absolute Gasteiger partial charge is 0.225 e. The third-order valence-electron chi connectivity index (χ3n) is 1.47. The van der Waals surface area contributed by atoms with E-state index in [2.05, 4.69) is 0 Å². The number of aryl methyl sites for hydroxylation is 1. The molecule has 1 aromatic carbocycles. The molecule has 0 heterocycles. The van der Waals surface area contributed by atoms with Gasteiger partial charge in [0, 0.05) is 5.02 Å². The number of primary sulfonamides is 1. The highest BCUT2D eigenvalue weighted by Crippen LogP contribution is 2.18. The molecule has 0 saturated carbocycles. The highest BCUT2D eigenvalue weighted by Gasteiger charge is 2.08. The average molecular weight is 206 g/mol. The molecule has 0 amide bonds. The fourth-order valence-corrected chi connectivity index (χ4v) is 1.54. The summed E-state index contributed by atoms with van der Waals surface area (Å²) in [5.41, 5.74) is 0.823. The van der Waals surface area contributed by atoms with Crippen LogP contribution in [-0.2, 0) is 10.0 Å². The Kier molecular flexibility index (Phi) is 2.41. The Hall–Kier alpha value is -0.580. The van der Waals surface area contributed by atoms with Gasteiger partial charge in [-0.2, -0.15) is 0 Å². The molecule has 0 fully saturated rings. The lowest BCUT2D eigenvalue weighted by Gasteiger charge is -2.00. The number of hydrogen-bond donors (Lipinski definition) is 1. The number of nitrogens with two attached hydrogens (primary N) is 1. The number of halogens is 1. The maximum absolute atomic E-state index is 10.8. The molecule has 12 heavy (non-hydrogen) atoms. The standard InChI is InChI=1S/C7H8ClNO2S/c1-5-2-3-6(4-7(5)8)12(9,10)11/h2-4H,1H3,(H2,9,10,11). The van der Waals surface area contributed by atoms with E-state index in [0.717, 1.165) is 5.56 Å². The van der Waals surface area contributed by atoms with Crippen molar-refractivity contribution in [2.45, 2.75) is 11.8 Å². The molecule has 0 aliphatic rings. The van der Waals surface area contributed by atoms with Crippen LogP contribution in [0.15, 0.2) is 23.1 Å². The summed E-state index contributed by atoms with van der Waals surface area (Å²) in [5.74, 6) is 0. The van der Waals surface area contributed by atoms with Crippen molar-refractivity contribution >= 4 is 21.6 Å². The Bertz CT molecular complexity index is 400. The zero-order valence-corrected chi connectivity index (χ0v) is 7.98. The summed E-state index contributed by atoms with van der Waals surface area (Å²) < 4.78 is 21.6. The largest absolute Gasteiger partial charge is 0.238 e. The lowest BCUT2D eigenvalue weighted by Crippen LogP contribution is -2.11. The highest BCUT2D eigenvalue weighted by atomic mass is 35.5. The van der Waals surface area contributed by atoms with Crippen LogP contribution in [0.5, 0.6) is 0 Å². The van der Waals surface area contributed by atoms with Crippen molar-refractivity contribution in [1.29, 1.82) is 0 Å². The normalized spacial score (nSPS) is 11.6. The monoisotopic (exact) mass is 205 g/mol. The first kappa shape index (κ1) is 9.51. The van der Waals surface area contributed by atoms with Gasteiger partial charge in [-0.15, -0.1) is 0 Å². The third kappa shape index (κ3) is 1.97. The van der Waals surface area contributed by atoms with Crippen molar-refractivity contribution in [3.8, 4) is 0 Å². The zero-order valence-electron chi connectivity index (χ0n) is 6.41. The van der Waals surface area contributed by atoms with Gasteiger partial charge in [0.15, 0.2) is 0 Å². The van der Waals surface area contributed by atoms with E-state index in [9.17, 15) is 8.42 Å². The number of hydrogen-bond acceptors (Lipinski definition) is 2. The van der Waals surface area contributed by atoms with E-state index >= 15 is 0 Å². The highest BCUT2D eigenvalue weighted by molar-refractivity contribution is 7.89. The summed E-state index contributed by atoms with van der Waals surface area (Å²) in [5, 5.41) is 5.29. The van der Waals surface area contributed by atoms with Crippen LogP contribution in [0.3, 0.4) is 0 Å². The van der Waals surface area contributed by atoms with Crippen molar-refractivity contribution in [3.05, 3.63) is 28.8 Å². The molecular formula is C7H8ClNO2S. The number of sulfonamides is 1. The molecule has 3 nitrogen and oxygen atoms in total. The van der Waals surface area contributed by atoms with Crippen LogP contribution in [0.25, 0.3) is 0 Å². The Morgan fingerprint density at radius 2 is 2.00 bits per heavy atom. The van der Waals surface area contributed by atoms with Crippen molar-refractivity contribution in [1.82, 2.24) is 0 Å². The third-order valence-corrected chi connectivity index (χ3v) is 2.79. The molecule has 0 spiro atoms. The van der Waals surface area contributed by atoms with Gasteiger partial charge in [-0.1, -0.05) is 17.7 Å². The molecule has 0 bridgehead atoms. The van der Waals surface area contributed by atoms with Crippen LogP contribution in [0.1, 0.15) is 5.56 Å². The fourth-order valence-electron chi connectivity index (χ4n) is 0.751. The van der Waals surface area contributed by atoms with Gasteiger partial charge in [0.1, 0.15) is 0 Å². The summed E-state index contributed by atoms with van der Waals surface area (Å²) in [6.07, 6.45) is 0. The Morgan fingerprint density at radius 1 is 1.42 bits per heavy atom. The zero-order chi connectivity index (χ0) is 9.35. The van der Waals surface area contributed by atoms with E-state index in [1.807, 2.05) is 0 Å². The second-order valence-electron chi connectivity index (χ2n) is 2.46. The van der Waals surface area contributed by atoms with E-state index in [4.69, 9.17) is 16.7 Å². The fraction of sp³-hybridized carbons (Fsp3) is 0.143. The molecule has 5 heteroatoms. The summed E-state index contributed by atoms with van der Waals surface area (Å²) in [6.45, 7) is 1.79. The van der Waals surface area contributed by atoms with Crippen molar-refractivity contribution in [2.24, 2.45) is 5.14 Å². The molecule has 0 unspecified atom stereocenters. The lowest BCUT2D eigenvalue weighted by atomic mass is 10.2. The summed E-state index contributed by atoms with van der Waals surface area (Å²) in [7, 11) is -3.63.